The fourth-order valence-corrected chi connectivity index (χ4v) is 3.18. The van der Waals surface area contributed by atoms with E-state index >= 15 is 0 Å². The van der Waals surface area contributed by atoms with E-state index in [2.05, 4.69) is 33.9 Å². The second kappa shape index (κ2) is 6.49. The van der Waals surface area contributed by atoms with Gasteiger partial charge in [-0.05, 0) is 51.7 Å². The molecule has 1 fully saturated rings. The quantitative estimate of drug-likeness (QED) is 0.801. The average Bonchev–Trinajstić information content (AvgIpc) is 2.64. The lowest BCUT2D eigenvalue weighted by Gasteiger charge is -2.38. The van der Waals surface area contributed by atoms with E-state index in [1.165, 1.54) is 4.90 Å². The molecule has 2 atom stereocenters. The number of hydrogen-bond donors (Lipinski definition) is 1. The summed E-state index contributed by atoms with van der Waals surface area (Å²) in [5, 5.41) is 10.2. The maximum Gasteiger partial charge on any atom is 0.412 e. The molecule has 1 amide bonds. The van der Waals surface area contributed by atoms with E-state index in [1.54, 1.807) is 0 Å². The summed E-state index contributed by atoms with van der Waals surface area (Å²) in [4.78, 5) is 13.7. The van der Waals surface area contributed by atoms with Crippen molar-refractivity contribution in [3.05, 3.63) is 0 Å². The van der Waals surface area contributed by atoms with Gasteiger partial charge < -0.3 is 14.3 Å². The number of likely N-dealkylation sites (tertiary alicyclic amines) is 1. The molecule has 1 aliphatic heterocycles. The van der Waals surface area contributed by atoms with Crippen molar-refractivity contribution >= 4 is 14.4 Å². The third kappa shape index (κ3) is 4.96. The highest BCUT2D eigenvalue weighted by molar-refractivity contribution is 6.74. The summed E-state index contributed by atoms with van der Waals surface area (Å²) in [7, 11) is -1.87. The van der Waals surface area contributed by atoms with Gasteiger partial charge in [-0.2, -0.15) is 0 Å². The van der Waals surface area contributed by atoms with Gasteiger partial charge in [0.05, 0.1) is 12.6 Å². The maximum absolute atomic E-state index is 12.3. The van der Waals surface area contributed by atoms with Crippen LogP contribution < -0.4 is 0 Å². The molecule has 0 bridgehead atoms. The molecule has 22 heavy (non-hydrogen) atoms. The molecule has 1 saturated heterocycles. The Balaban J connectivity index is 2.72. The minimum Gasteiger partial charge on any atom is -0.444 e. The Morgan fingerprint density at radius 3 is 2.18 bits per heavy atom. The van der Waals surface area contributed by atoms with Crippen LogP contribution in [0.3, 0.4) is 0 Å². The van der Waals surface area contributed by atoms with E-state index in [1.807, 2.05) is 20.8 Å². The van der Waals surface area contributed by atoms with E-state index < -0.39 is 26.2 Å². The van der Waals surface area contributed by atoms with Gasteiger partial charge in [-0.25, -0.2) is 4.79 Å². The zero-order valence-electron chi connectivity index (χ0n) is 15.4. The molecule has 1 aliphatic rings. The summed E-state index contributed by atoms with van der Waals surface area (Å²) >= 11 is 0. The predicted molar refractivity (Wildman–Crippen MR) is 90.3 cm³/mol. The van der Waals surface area contributed by atoms with E-state index in [0.29, 0.717) is 13.0 Å². The Morgan fingerprint density at radius 1 is 1.18 bits per heavy atom. The first kappa shape index (κ1) is 19.5. The van der Waals surface area contributed by atoms with Crippen molar-refractivity contribution in [3.63, 3.8) is 0 Å². The Kier molecular flexibility index (Phi) is 5.74. The third-order valence-corrected chi connectivity index (χ3v) is 9.02. The maximum atomic E-state index is 12.3. The molecule has 0 aromatic carbocycles. The second-order valence-electron chi connectivity index (χ2n) is 8.67. The summed E-state index contributed by atoms with van der Waals surface area (Å²) < 4.78 is 11.6. The largest absolute Gasteiger partial charge is 0.444 e. The van der Waals surface area contributed by atoms with E-state index in [9.17, 15) is 9.90 Å². The number of carbonyl (C=O) groups excluding carboxylic acids is 1. The van der Waals surface area contributed by atoms with Gasteiger partial charge in [0.2, 0.25) is 0 Å². The Labute approximate surface area is 136 Å². The minimum absolute atomic E-state index is 0.112. The molecular formula is C16H33NO4Si. The number of rotatable bonds is 3. The van der Waals surface area contributed by atoms with Crippen molar-refractivity contribution in [2.75, 3.05) is 6.61 Å². The first-order valence-corrected chi connectivity index (χ1v) is 11.0. The van der Waals surface area contributed by atoms with Crippen molar-refractivity contribution in [1.82, 2.24) is 4.90 Å². The topological polar surface area (TPSA) is 59.0 Å². The third-order valence-electron chi connectivity index (χ3n) is 4.52. The first-order chi connectivity index (χ1) is 9.74. The van der Waals surface area contributed by atoms with Crippen molar-refractivity contribution in [3.8, 4) is 0 Å². The molecule has 0 saturated carbocycles. The summed E-state index contributed by atoms with van der Waals surface area (Å²) in [5.41, 5.74) is -0.565. The van der Waals surface area contributed by atoms with Crippen LogP contribution in [0.15, 0.2) is 0 Å². The standard InChI is InChI=1S/C16H33NO4Si/c1-15(2,3)21-14(19)17-12(9-10-13(17)18)11-20-22(7,8)16(4,5)6/h12-13,18H,9-11H2,1-8H3. The Hall–Kier alpha value is -0.593. The lowest BCUT2D eigenvalue weighted by atomic mass is 10.2. The van der Waals surface area contributed by atoms with Crippen LogP contribution in [0.4, 0.5) is 4.79 Å². The number of amides is 1. The van der Waals surface area contributed by atoms with Crippen LogP contribution in [-0.2, 0) is 9.16 Å². The average molecular weight is 332 g/mol. The number of carbonyl (C=O) groups is 1. The second-order valence-corrected chi connectivity index (χ2v) is 13.5. The fourth-order valence-electron chi connectivity index (χ4n) is 2.13. The summed E-state index contributed by atoms with van der Waals surface area (Å²) in [6.07, 6.45) is 0.0870. The van der Waals surface area contributed by atoms with Gasteiger partial charge in [-0.1, -0.05) is 20.8 Å². The molecule has 0 aliphatic carbocycles. The van der Waals surface area contributed by atoms with Gasteiger partial charge in [0.25, 0.3) is 0 Å². The number of aliphatic hydroxyl groups is 1. The Bertz CT molecular complexity index is 398. The molecule has 0 radical (unpaired) electrons. The smallest absolute Gasteiger partial charge is 0.412 e. The minimum atomic E-state index is -1.87. The first-order valence-electron chi connectivity index (χ1n) is 8.08. The molecule has 130 valence electrons. The highest BCUT2D eigenvalue weighted by Crippen LogP contribution is 2.37. The van der Waals surface area contributed by atoms with Gasteiger partial charge >= 0.3 is 6.09 Å². The SMILES string of the molecule is CC(C)(C)OC(=O)N1C(O)CCC1CO[Si](C)(C)C(C)(C)C. The van der Waals surface area contributed by atoms with E-state index in [4.69, 9.17) is 9.16 Å². The number of hydrogen-bond acceptors (Lipinski definition) is 4. The normalized spacial score (nSPS) is 23.8. The van der Waals surface area contributed by atoms with Crippen LogP contribution in [0.1, 0.15) is 54.4 Å². The number of aliphatic hydroxyl groups excluding tert-OH is 1. The fraction of sp³-hybridized carbons (Fsp3) is 0.938. The van der Waals surface area contributed by atoms with Gasteiger partial charge in [0.1, 0.15) is 11.8 Å². The zero-order valence-corrected chi connectivity index (χ0v) is 16.4. The van der Waals surface area contributed by atoms with Crippen LogP contribution in [0, 0.1) is 0 Å². The van der Waals surface area contributed by atoms with Gasteiger partial charge in [-0.15, -0.1) is 0 Å². The van der Waals surface area contributed by atoms with Crippen LogP contribution in [0.5, 0.6) is 0 Å². The molecule has 2 unspecified atom stereocenters. The molecule has 0 spiro atoms. The summed E-state index contributed by atoms with van der Waals surface area (Å²) in [6, 6.07) is -0.112. The predicted octanol–water partition coefficient (Wildman–Crippen LogP) is 3.73. The molecular weight excluding hydrogens is 298 g/mol. The highest BCUT2D eigenvalue weighted by Gasteiger charge is 2.42. The lowest BCUT2D eigenvalue weighted by molar-refractivity contribution is -0.0296. The molecule has 6 heteroatoms. The van der Waals surface area contributed by atoms with Crippen LogP contribution in [0.2, 0.25) is 18.1 Å². The monoisotopic (exact) mass is 331 g/mol. The van der Waals surface area contributed by atoms with E-state index in [-0.39, 0.29) is 11.1 Å². The molecule has 0 aromatic rings. The molecule has 1 N–H and O–H groups in total. The lowest BCUT2D eigenvalue weighted by Crippen LogP contribution is -2.49. The zero-order chi connectivity index (χ0) is 17.3. The molecule has 1 heterocycles. The van der Waals surface area contributed by atoms with Crippen LogP contribution in [-0.4, -0.2) is 48.9 Å². The number of ether oxygens (including phenoxy) is 1. The van der Waals surface area contributed by atoms with Crippen LogP contribution >= 0.6 is 0 Å². The van der Waals surface area contributed by atoms with E-state index in [0.717, 1.165) is 6.42 Å². The van der Waals surface area contributed by atoms with Crippen molar-refractivity contribution in [2.45, 2.75) is 90.4 Å². The van der Waals surface area contributed by atoms with Crippen molar-refractivity contribution < 1.29 is 19.1 Å². The van der Waals surface area contributed by atoms with Crippen molar-refractivity contribution in [2.24, 2.45) is 0 Å². The van der Waals surface area contributed by atoms with Gasteiger partial charge in [-0.3, -0.25) is 4.90 Å². The highest BCUT2D eigenvalue weighted by atomic mass is 28.4. The van der Waals surface area contributed by atoms with Crippen molar-refractivity contribution in [1.29, 1.82) is 0 Å². The van der Waals surface area contributed by atoms with Crippen LogP contribution in [0.25, 0.3) is 0 Å². The van der Waals surface area contributed by atoms with Gasteiger partial charge in [0.15, 0.2) is 8.32 Å². The summed E-state index contributed by atoms with van der Waals surface area (Å²) in [5.74, 6) is 0. The number of nitrogens with zero attached hydrogens (tertiary/aromatic N) is 1. The van der Waals surface area contributed by atoms with Gasteiger partial charge in [0, 0.05) is 0 Å². The summed E-state index contributed by atoms with van der Waals surface area (Å²) in [6.45, 7) is 16.9. The molecule has 0 aromatic heterocycles. The molecule has 5 nitrogen and oxygen atoms in total. The Morgan fingerprint density at radius 2 is 1.73 bits per heavy atom. The molecule has 1 rings (SSSR count).